The predicted molar refractivity (Wildman–Crippen MR) is 141 cm³/mol. The molecule has 1 fully saturated rings. The molecule has 0 radical (unpaired) electrons. The minimum atomic E-state index is -3.78. The van der Waals surface area contributed by atoms with Crippen LogP contribution in [0.2, 0.25) is 0 Å². The summed E-state index contributed by atoms with van der Waals surface area (Å²) >= 11 is 0. The molecule has 0 amide bonds. The highest BCUT2D eigenvalue weighted by atomic mass is 32.2. The van der Waals surface area contributed by atoms with Crippen LogP contribution in [0.15, 0.2) is 82.6 Å². The molecule has 1 heterocycles. The molecule has 1 N–H and O–H groups in total. The van der Waals surface area contributed by atoms with Crippen LogP contribution in [0.4, 0.5) is 0 Å². The molecule has 0 bridgehead atoms. The molecule has 1 saturated heterocycles. The van der Waals surface area contributed by atoms with E-state index in [1.807, 2.05) is 36.4 Å². The second-order valence-electron chi connectivity index (χ2n) is 8.97. The van der Waals surface area contributed by atoms with Crippen LogP contribution >= 0.6 is 0 Å². The number of sulfonamides is 1. The standard InChI is InChI=1S/C27H29N3O5S2/c1-36(31,32)25-13-15-26(16-14-25)37(33,34)29-27-4-2-17-30(27)18-3-19-35-24-11-9-23(10-12-24)22-7-5-21(20-28)6-8-22/h5-16,27,29H,2-4,17-19H2,1H3. The molecule has 0 spiro atoms. The molecule has 3 aromatic carbocycles. The van der Waals surface area contributed by atoms with Crippen molar-refractivity contribution in [3.8, 4) is 22.9 Å². The Hall–Kier alpha value is -3.23. The van der Waals surface area contributed by atoms with Crippen molar-refractivity contribution in [1.29, 1.82) is 5.26 Å². The van der Waals surface area contributed by atoms with Crippen LogP contribution in [0, 0.1) is 11.3 Å². The molecule has 1 aliphatic heterocycles. The van der Waals surface area contributed by atoms with E-state index in [-0.39, 0.29) is 16.0 Å². The first kappa shape index (κ1) is 26.8. The second kappa shape index (κ2) is 11.4. The zero-order valence-corrected chi connectivity index (χ0v) is 22.1. The van der Waals surface area contributed by atoms with E-state index in [2.05, 4.69) is 15.7 Å². The van der Waals surface area contributed by atoms with Crippen LogP contribution in [0.1, 0.15) is 24.8 Å². The summed E-state index contributed by atoms with van der Waals surface area (Å²) in [6.45, 7) is 1.97. The Kier molecular flexibility index (Phi) is 8.29. The largest absolute Gasteiger partial charge is 0.494 e. The fourth-order valence-corrected chi connectivity index (χ4v) is 6.16. The van der Waals surface area contributed by atoms with Crippen LogP contribution in [0.3, 0.4) is 0 Å². The average Bonchev–Trinajstić information content (AvgIpc) is 3.32. The summed E-state index contributed by atoms with van der Waals surface area (Å²) < 4.78 is 57.6. The van der Waals surface area contributed by atoms with Gasteiger partial charge in [-0.1, -0.05) is 24.3 Å². The number of hydrogen-bond donors (Lipinski definition) is 1. The van der Waals surface area contributed by atoms with Crippen molar-refractivity contribution >= 4 is 19.9 Å². The van der Waals surface area contributed by atoms with E-state index >= 15 is 0 Å². The first-order valence-corrected chi connectivity index (χ1v) is 15.3. The Morgan fingerprint density at radius 2 is 1.51 bits per heavy atom. The van der Waals surface area contributed by atoms with Crippen LogP contribution in [0.5, 0.6) is 5.75 Å². The van der Waals surface area contributed by atoms with Crippen molar-refractivity contribution in [2.45, 2.75) is 35.2 Å². The minimum Gasteiger partial charge on any atom is -0.494 e. The lowest BCUT2D eigenvalue weighted by atomic mass is 10.0. The fourth-order valence-electron chi connectivity index (χ4n) is 4.28. The lowest BCUT2D eigenvalue weighted by Gasteiger charge is -2.25. The van der Waals surface area contributed by atoms with Gasteiger partial charge in [-0.15, -0.1) is 0 Å². The van der Waals surface area contributed by atoms with E-state index in [0.29, 0.717) is 25.1 Å². The first-order valence-electron chi connectivity index (χ1n) is 12.0. The average molecular weight is 540 g/mol. The molecular formula is C27H29N3O5S2. The van der Waals surface area contributed by atoms with Gasteiger partial charge in [-0.3, -0.25) is 4.90 Å². The molecule has 0 saturated carbocycles. The predicted octanol–water partition coefficient (Wildman–Crippen LogP) is 3.80. The van der Waals surface area contributed by atoms with Crippen LogP contribution in [-0.2, 0) is 19.9 Å². The fraction of sp³-hybridized carbons (Fsp3) is 0.296. The molecule has 37 heavy (non-hydrogen) atoms. The van der Waals surface area contributed by atoms with Gasteiger partial charge >= 0.3 is 0 Å². The van der Waals surface area contributed by atoms with Gasteiger partial charge in [-0.25, -0.2) is 16.8 Å². The van der Waals surface area contributed by atoms with Gasteiger partial charge in [0, 0.05) is 12.8 Å². The minimum absolute atomic E-state index is 0.0412. The van der Waals surface area contributed by atoms with Crippen LogP contribution in [0.25, 0.3) is 11.1 Å². The molecule has 0 aliphatic carbocycles. The molecule has 1 aliphatic rings. The third-order valence-electron chi connectivity index (χ3n) is 6.28. The molecule has 1 unspecified atom stereocenters. The summed E-state index contributed by atoms with van der Waals surface area (Å²) in [6, 6.07) is 22.6. The van der Waals surface area contributed by atoms with E-state index in [1.54, 1.807) is 12.1 Å². The van der Waals surface area contributed by atoms with E-state index in [4.69, 9.17) is 10.00 Å². The van der Waals surface area contributed by atoms with E-state index in [1.165, 1.54) is 24.3 Å². The monoisotopic (exact) mass is 539 g/mol. The number of hydrogen-bond acceptors (Lipinski definition) is 7. The lowest BCUT2D eigenvalue weighted by Crippen LogP contribution is -2.44. The Morgan fingerprint density at radius 3 is 2.11 bits per heavy atom. The normalized spacial score (nSPS) is 16.4. The molecule has 194 valence electrons. The second-order valence-corrected chi connectivity index (χ2v) is 12.7. The lowest BCUT2D eigenvalue weighted by molar-refractivity contribution is 0.214. The van der Waals surface area contributed by atoms with Crippen molar-refractivity contribution in [3.05, 3.63) is 78.4 Å². The molecule has 8 nitrogen and oxygen atoms in total. The summed E-state index contributed by atoms with van der Waals surface area (Å²) in [6.07, 6.45) is 3.10. The maximum atomic E-state index is 12.8. The number of nitriles is 1. The number of benzene rings is 3. The van der Waals surface area contributed by atoms with E-state index < -0.39 is 19.9 Å². The Balaban J connectivity index is 1.26. The summed E-state index contributed by atoms with van der Waals surface area (Å²) in [4.78, 5) is 2.22. The highest BCUT2D eigenvalue weighted by molar-refractivity contribution is 7.90. The molecule has 3 aromatic rings. The van der Waals surface area contributed by atoms with E-state index in [9.17, 15) is 16.8 Å². The van der Waals surface area contributed by atoms with Gasteiger partial charge in [0.15, 0.2) is 9.84 Å². The molecule has 10 heteroatoms. The van der Waals surface area contributed by atoms with Crippen molar-refractivity contribution in [1.82, 2.24) is 9.62 Å². The summed E-state index contributed by atoms with van der Waals surface area (Å²) in [5.74, 6) is 0.758. The van der Waals surface area contributed by atoms with Gasteiger partial charge in [-0.05, 0) is 85.5 Å². The third kappa shape index (κ3) is 6.96. The first-order chi connectivity index (χ1) is 17.7. The van der Waals surface area contributed by atoms with Crippen molar-refractivity contribution in [2.75, 3.05) is 26.0 Å². The Morgan fingerprint density at radius 1 is 0.919 bits per heavy atom. The van der Waals surface area contributed by atoms with Crippen molar-refractivity contribution in [2.24, 2.45) is 0 Å². The highest BCUT2D eigenvalue weighted by Gasteiger charge is 2.29. The van der Waals surface area contributed by atoms with Gasteiger partial charge in [-0.2, -0.15) is 9.98 Å². The smallest absolute Gasteiger partial charge is 0.241 e. The van der Waals surface area contributed by atoms with Gasteiger partial charge in [0.2, 0.25) is 10.0 Å². The molecule has 1 atom stereocenters. The number of nitrogens with one attached hydrogen (secondary N) is 1. The highest BCUT2D eigenvalue weighted by Crippen LogP contribution is 2.23. The zero-order chi connectivity index (χ0) is 26.5. The third-order valence-corrected chi connectivity index (χ3v) is 8.88. The number of ether oxygens (including phenoxy) is 1. The molecule has 0 aromatic heterocycles. The number of likely N-dealkylation sites (tertiary alicyclic amines) is 1. The Labute approximate surface area is 218 Å². The van der Waals surface area contributed by atoms with Gasteiger partial charge in [0.25, 0.3) is 0 Å². The summed E-state index contributed by atoms with van der Waals surface area (Å²) in [5, 5.41) is 8.93. The quantitative estimate of drug-likeness (QED) is 0.390. The van der Waals surface area contributed by atoms with Crippen molar-refractivity contribution in [3.63, 3.8) is 0 Å². The van der Waals surface area contributed by atoms with Gasteiger partial charge in [0.1, 0.15) is 5.75 Å². The molecular weight excluding hydrogens is 510 g/mol. The maximum Gasteiger partial charge on any atom is 0.241 e. The van der Waals surface area contributed by atoms with Gasteiger partial charge in [0.05, 0.1) is 34.2 Å². The number of nitrogens with zero attached hydrogens (tertiary/aromatic N) is 2. The van der Waals surface area contributed by atoms with E-state index in [0.717, 1.165) is 42.5 Å². The van der Waals surface area contributed by atoms with Crippen molar-refractivity contribution < 1.29 is 21.6 Å². The van der Waals surface area contributed by atoms with Gasteiger partial charge < -0.3 is 4.74 Å². The molecule has 4 rings (SSSR count). The maximum absolute atomic E-state index is 12.8. The topological polar surface area (TPSA) is 117 Å². The number of rotatable bonds is 10. The van der Waals surface area contributed by atoms with Crippen LogP contribution in [-0.4, -0.2) is 53.9 Å². The summed E-state index contributed by atoms with van der Waals surface area (Å²) in [7, 11) is -7.17. The zero-order valence-electron chi connectivity index (χ0n) is 20.5. The Bertz CT molecular complexity index is 1460. The summed E-state index contributed by atoms with van der Waals surface area (Å²) in [5.41, 5.74) is 2.69. The SMILES string of the molecule is CS(=O)(=O)c1ccc(S(=O)(=O)NC2CCCN2CCCOc2ccc(-c3ccc(C#N)cc3)cc2)cc1. The number of sulfone groups is 1. The van der Waals surface area contributed by atoms with Crippen LogP contribution < -0.4 is 9.46 Å².